The predicted molar refractivity (Wildman–Crippen MR) is 75.8 cm³/mol. The average Bonchev–Trinajstić information content (AvgIpc) is 2.98. The Morgan fingerprint density at radius 3 is 2.85 bits per heavy atom. The molecular weight excluding hydrogens is 278 g/mol. The van der Waals surface area contributed by atoms with Crippen LogP contribution in [0.1, 0.15) is 11.0 Å². The summed E-state index contributed by atoms with van der Waals surface area (Å²) < 4.78 is 5.42. The third-order valence-corrected chi connectivity index (χ3v) is 4.07. The number of nitro benzene ring substituents is 1. The summed E-state index contributed by atoms with van der Waals surface area (Å²) in [5, 5.41) is 16.9. The van der Waals surface area contributed by atoms with Crippen molar-refractivity contribution >= 4 is 17.0 Å². The van der Waals surface area contributed by atoms with Crippen LogP contribution in [0.5, 0.6) is 0 Å². The third kappa shape index (κ3) is 2.69. The molecular formula is C13H13N3O3S. The van der Waals surface area contributed by atoms with E-state index in [0.717, 1.165) is 29.4 Å². The topological polar surface area (TPSA) is 77.3 Å². The van der Waals surface area contributed by atoms with Crippen LogP contribution < -0.4 is 5.32 Å². The number of nitrogens with zero attached hydrogens (tertiary/aromatic N) is 2. The molecule has 1 aliphatic rings. The third-order valence-electron chi connectivity index (χ3n) is 3.12. The fourth-order valence-corrected chi connectivity index (χ4v) is 2.95. The number of non-ortho nitro benzene ring substituents is 1. The molecule has 7 heteroatoms. The van der Waals surface area contributed by atoms with Gasteiger partial charge in [0, 0.05) is 29.6 Å². The van der Waals surface area contributed by atoms with Crippen LogP contribution >= 0.6 is 11.3 Å². The smallest absolute Gasteiger partial charge is 0.269 e. The molecule has 1 saturated heterocycles. The highest BCUT2D eigenvalue weighted by molar-refractivity contribution is 7.10. The first kappa shape index (κ1) is 13.2. The highest BCUT2D eigenvalue weighted by Crippen LogP contribution is 2.27. The Balaban J connectivity index is 1.80. The molecule has 1 atom stereocenters. The molecule has 1 fully saturated rings. The lowest BCUT2D eigenvalue weighted by atomic mass is 10.1. The van der Waals surface area contributed by atoms with Crippen LogP contribution in [0.2, 0.25) is 0 Å². The fourth-order valence-electron chi connectivity index (χ4n) is 2.06. The molecule has 0 radical (unpaired) electrons. The van der Waals surface area contributed by atoms with Gasteiger partial charge in [-0.15, -0.1) is 11.3 Å². The maximum Gasteiger partial charge on any atom is 0.269 e. The van der Waals surface area contributed by atoms with E-state index in [-0.39, 0.29) is 11.7 Å². The van der Waals surface area contributed by atoms with Gasteiger partial charge in [-0.1, -0.05) is 0 Å². The van der Waals surface area contributed by atoms with E-state index in [9.17, 15) is 10.1 Å². The average molecular weight is 291 g/mol. The van der Waals surface area contributed by atoms with Gasteiger partial charge in [-0.25, -0.2) is 4.98 Å². The minimum absolute atomic E-state index is 0.0894. The van der Waals surface area contributed by atoms with Crippen molar-refractivity contribution < 1.29 is 9.66 Å². The molecule has 2 aromatic rings. The van der Waals surface area contributed by atoms with Crippen molar-refractivity contribution in [2.24, 2.45) is 0 Å². The normalized spacial score (nSPS) is 18.9. The van der Waals surface area contributed by atoms with Crippen LogP contribution in [0.4, 0.5) is 5.69 Å². The number of morpholine rings is 1. The van der Waals surface area contributed by atoms with Crippen molar-refractivity contribution in [1.82, 2.24) is 10.3 Å². The molecule has 0 saturated carbocycles. The van der Waals surface area contributed by atoms with Gasteiger partial charge in [-0.05, 0) is 12.1 Å². The van der Waals surface area contributed by atoms with E-state index in [0.29, 0.717) is 6.61 Å². The summed E-state index contributed by atoms with van der Waals surface area (Å²) in [6, 6.07) is 6.58. The Bertz CT molecular complexity index is 606. The molecule has 20 heavy (non-hydrogen) atoms. The number of benzene rings is 1. The first-order chi connectivity index (χ1) is 9.74. The number of nitro groups is 1. The van der Waals surface area contributed by atoms with Gasteiger partial charge in [0.2, 0.25) is 0 Å². The lowest BCUT2D eigenvalue weighted by Crippen LogP contribution is -2.34. The molecule has 6 nitrogen and oxygen atoms in total. The first-order valence-electron chi connectivity index (χ1n) is 6.25. The van der Waals surface area contributed by atoms with Crippen LogP contribution in [-0.2, 0) is 4.74 Å². The summed E-state index contributed by atoms with van der Waals surface area (Å²) in [6.07, 6.45) is 0. The minimum atomic E-state index is -0.403. The Morgan fingerprint density at radius 2 is 2.20 bits per heavy atom. The molecule has 0 aliphatic carbocycles. The van der Waals surface area contributed by atoms with Crippen molar-refractivity contribution in [1.29, 1.82) is 0 Å². The van der Waals surface area contributed by atoms with Crippen LogP contribution in [-0.4, -0.2) is 29.7 Å². The largest absolute Gasteiger partial charge is 0.378 e. The van der Waals surface area contributed by atoms with Crippen molar-refractivity contribution in [3.63, 3.8) is 0 Å². The summed E-state index contributed by atoms with van der Waals surface area (Å²) in [6.45, 7) is 2.20. The van der Waals surface area contributed by atoms with E-state index in [1.54, 1.807) is 23.5 Å². The zero-order valence-electron chi connectivity index (χ0n) is 10.6. The second kappa shape index (κ2) is 5.66. The molecule has 1 unspecified atom stereocenters. The number of rotatable bonds is 3. The monoisotopic (exact) mass is 291 g/mol. The van der Waals surface area contributed by atoms with Crippen LogP contribution in [0.3, 0.4) is 0 Å². The molecule has 3 rings (SSSR count). The van der Waals surface area contributed by atoms with Crippen LogP contribution in [0.15, 0.2) is 29.6 Å². The molecule has 0 spiro atoms. The summed E-state index contributed by atoms with van der Waals surface area (Å²) in [4.78, 5) is 14.8. The number of nitrogens with one attached hydrogen (secondary N) is 1. The van der Waals surface area contributed by atoms with E-state index in [2.05, 4.69) is 10.3 Å². The standard InChI is InChI=1S/C13H13N3O3S/c17-16(18)10-3-1-9(2-4-10)12-8-20-13(15-12)11-7-19-6-5-14-11/h1-4,8,11,14H,5-7H2. The van der Waals surface area contributed by atoms with E-state index in [4.69, 9.17) is 4.74 Å². The van der Waals surface area contributed by atoms with Crippen molar-refractivity contribution in [3.8, 4) is 11.3 Å². The van der Waals surface area contributed by atoms with Gasteiger partial charge < -0.3 is 10.1 Å². The maximum absolute atomic E-state index is 10.6. The van der Waals surface area contributed by atoms with Crippen molar-refractivity contribution in [3.05, 3.63) is 44.8 Å². The van der Waals surface area contributed by atoms with Crippen LogP contribution in [0, 0.1) is 10.1 Å². The first-order valence-corrected chi connectivity index (χ1v) is 7.13. The number of ether oxygens (including phenoxy) is 1. The summed E-state index contributed by atoms with van der Waals surface area (Å²) in [5.41, 5.74) is 1.81. The van der Waals surface area contributed by atoms with E-state index >= 15 is 0 Å². The van der Waals surface area contributed by atoms with Gasteiger partial charge in [0.15, 0.2) is 0 Å². The predicted octanol–water partition coefficient (Wildman–Crippen LogP) is 2.38. The summed E-state index contributed by atoms with van der Waals surface area (Å²) >= 11 is 1.57. The van der Waals surface area contributed by atoms with Gasteiger partial charge in [-0.2, -0.15) is 0 Å². The zero-order valence-corrected chi connectivity index (χ0v) is 11.4. The molecule has 1 aromatic heterocycles. The lowest BCUT2D eigenvalue weighted by molar-refractivity contribution is -0.384. The second-order valence-corrected chi connectivity index (χ2v) is 5.35. The second-order valence-electron chi connectivity index (χ2n) is 4.46. The molecule has 0 bridgehead atoms. The van der Waals surface area contributed by atoms with Gasteiger partial charge >= 0.3 is 0 Å². The van der Waals surface area contributed by atoms with Gasteiger partial charge in [0.05, 0.1) is 29.9 Å². The van der Waals surface area contributed by atoms with E-state index in [1.165, 1.54) is 12.1 Å². The number of thiazole rings is 1. The van der Waals surface area contributed by atoms with Crippen LogP contribution in [0.25, 0.3) is 11.3 Å². The Hall–Kier alpha value is -1.83. The number of hydrogen-bond acceptors (Lipinski definition) is 6. The highest BCUT2D eigenvalue weighted by Gasteiger charge is 2.19. The van der Waals surface area contributed by atoms with Crippen molar-refractivity contribution in [2.45, 2.75) is 6.04 Å². The molecule has 2 heterocycles. The molecule has 104 valence electrons. The van der Waals surface area contributed by atoms with E-state index < -0.39 is 4.92 Å². The lowest BCUT2D eigenvalue weighted by Gasteiger charge is -2.21. The SMILES string of the molecule is O=[N+]([O-])c1ccc(-c2csc(C3COCCN3)n2)cc1. The Morgan fingerprint density at radius 1 is 1.40 bits per heavy atom. The fraction of sp³-hybridized carbons (Fsp3) is 0.308. The number of hydrogen-bond donors (Lipinski definition) is 1. The quantitative estimate of drug-likeness (QED) is 0.694. The van der Waals surface area contributed by atoms with E-state index in [1.807, 2.05) is 5.38 Å². The van der Waals surface area contributed by atoms with Gasteiger partial charge in [0.25, 0.3) is 5.69 Å². The van der Waals surface area contributed by atoms with Crippen molar-refractivity contribution in [2.75, 3.05) is 19.8 Å². The molecule has 1 N–H and O–H groups in total. The Kier molecular flexibility index (Phi) is 3.72. The molecule has 1 aromatic carbocycles. The van der Waals surface area contributed by atoms with Gasteiger partial charge in [-0.3, -0.25) is 10.1 Å². The zero-order chi connectivity index (χ0) is 13.9. The number of aromatic nitrogens is 1. The summed E-state index contributed by atoms with van der Waals surface area (Å²) in [5.74, 6) is 0. The highest BCUT2D eigenvalue weighted by atomic mass is 32.1. The minimum Gasteiger partial charge on any atom is -0.378 e. The summed E-state index contributed by atoms with van der Waals surface area (Å²) in [7, 11) is 0. The Labute approximate surface area is 119 Å². The molecule has 1 aliphatic heterocycles. The molecule has 0 amide bonds. The van der Waals surface area contributed by atoms with Gasteiger partial charge in [0.1, 0.15) is 5.01 Å². The maximum atomic E-state index is 10.6.